The number of hydrogen-bond donors (Lipinski definition) is 3. The standard InChI is InChI=1S/C43H47F3N8O5/c1-50-36-15-24(6-11-34(36)54(43(50)59)35-12-13-37(55)48-42(35)58)3-2-14-51-19-27-21-52(22-28(27)20-51)30-10-7-26-23-53(49-33(26)16-30)29-8-4-25(5-9-29)18-47-41(57)31-17-32(44)40(56)39(46)38(31)45/h6-7,10-11,15-17,23,25,27-29,35,56H,2-5,8-9,12-14,18-22H2,1H3,(H,47,57)(H,48,55,58)/t25?,27-,28+,29?,35?. The molecule has 1 saturated carbocycles. The summed E-state index contributed by atoms with van der Waals surface area (Å²) >= 11 is 0. The first-order valence-corrected chi connectivity index (χ1v) is 20.6. The molecule has 0 bridgehead atoms. The number of amides is 3. The molecule has 4 aliphatic rings. The molecule has 3 aromatic carbocycles. The molecule has 2 aromatic heterocycles. The number of hydrogen-bond acceptors (Lipinski definition) is 8. The third-order valence-electron chi connectivity index (χ3n) is 13.2. The molecular formula is C43H47F3N8O5. The highest BCUT2D eigenvalue weighted by Crippen LogP contribution is 2.37. The normalized spacial score (nSPS) is 23.7. The number of aromatic nitrogens is 4. The van der Waals surface area contributed by atoms with Crippen LogP contribution in [-0.2, 0) is 23.1 Å². The van der Waals surface area contributed by atoms with E-state index in [2.05, 4.69) is 44.8 Å². The number of imidazole rings is 1. The fraction of sp³-hybridized carbons (Fsp3) is 0.465. The predicted molar refractivity (Wildman–Crippen MR) is 214 cm³/mol. The molecule has 1 unspecified atom stereocenters. The Labute approximate surface area is 337 Å². The van der Waals surface area contributed by atoms with Crippen molar-refractivity contribution in [3.05, 3.63) is 87.7 Å². The summed E-state index contributed by atoms with van der Waals surface area (Å²) in [6.45, 7) is 5.40. The lowest BCUT2D eigenvalue weighted by Crippen LogP contribution is -2.44. The second-order valence-corrected chi connectivity index (χ2v) is 16.9. The Hall–Kier alpha value is -5.64. The molecule has 0 radical (unpaired) electrons. The number of carbonyl (C=O) groups is 3. The number of phenols is 1. The molecule has 5 aromatic rings. The van der Waals surface area contributed by atoms with Crippen LogP contribution in [0.1, 0.15) is 73.0 Å². The van der Waals surface area contributed by atoms with Gasteiger partial charge < -0.3 is 20.2 Å². The average Bonchev–Trinajstić information content (AvgIpc) is 3.99. The van der Waals surface area contributed by atoms with Gasteiger partial charge in [-0.15, -0.1) is 0 Å². The van der Waals surface area contributed by atoms with Crippen molar-refractivity contribution in [2.45, 2.75) is 63.5 Å². The zero-order chi connectivity index (χ0) is 41.1. The largest absolute Gasteiger partial charge is 0.503 e. The van der Waals surface area contributed by atoms with Crippen molar-refractivity contribution in [3.8, 4) is 5.75 Å². The molecule has 3 aliphatic heterocycles. The maximum absolute atomic E-state index is 14.1. The summed E-state index contributed by atoms with van der Waals surface area (Å²) < 4.78 is 46.8. The number of piperidine rings is 1. The minimum absolute atomic E-state index is 0.133. The number of likely N-dealkylation sites (tertiary alicyclic amines) is 1. The van der Waals surface area contributed by atoms with Gasteiger partial charge in [0.1, 0.15) is 6.04 Å². The Morgan fingerprint density at radius 3 is 2.42 bits per heavy atom. The number of phenolic OH excluding ortho intramolecular Hbond substituents is 1. The lowest BCUT2D eigenvalue weighted by Gasteiger charge is -2.28. The lowest BCUT2D eigenvalue weighted by molar-refractivity contribution is -0.135. The second kappa shape index (κ2) is 15.5. The highest BCUT2D eigenvalue weighted by atomic mass is 19.2. The Morgan fingerprint density at radius 1 is 0.915 bits per heavy atom. The van der Waals surface area contributed by atoms with E-state index in [0.717, 1.165) is 93.2 Å². The molecule has 5 heterocycles. The van der Waals surface area contributed by atoms with Crippen LogP contribution in [0.2, 0.25) is 0 Å². The molecule has 4 fully saturated rings. The van der Waals surface area contributed by atoms with Crippen LogP contribution in [0.5, 0.6) is 5.75 Å². The van der Waals surface area contributed by atoms with Crippen LogP contribution in [0.4, 0.5) is 18.9 Å². The van der Waals surface area contributed by atoms with Crippen molar-refractivity contribution < 1.29 is 32.7 Å². The number of benzene rings is 3. The molecule has 16 heteroatoms. The molecule has 1 aliphatic carbocycles. The van der Waals surface area contributed by atoms with Crippen molar-refractivity contribution in [3.63, 3.8) is 0 Å². The van der Waals surface area contributed by atoms with E-state index in [1.807, 2.05) is 22.9 Å². The predicted octanol–water partition coefficient (Wildman–Crippen LogP) is 4.95. The maximum atomic E-state index is 14.1. The molecule has 0 spiro atoms. The van der Waals surface area contributed by atoms with Crippen LogP contribution >= 0.6 is 0 Å². The number of rotatable bonds is 10. The maximum Gasteiger partial charge on any atom is 0.329 e. The molecule has 3 amide bonds. The number of fused-ring (bicyclic) bond motifs is 3. The van der Waals surface area contributed by atoms with Gasteiger partial charge in [0.15, 0.2) is 17.4 Å². The number of nitrogens with one attached hydrogen (secondary N) is 2. The summed E-state index contributed by atoms with van der Waals surface area (Å²) in [4.78, 5) is 54.9. The summed E-state index contributed by atoms with van der Waals surface area (Å²) in [6.07, 6.45) is 7.82. The summed E-state index contributed by atoms with van der Waals surface area (Å²) in [5.74, 6) is -6.50. The minimum atomic E-state index is -1.78. The van der Waals surface area contributed by atoms with Gasteiger partial charge in [0, 0.05) is 63.5 Å². The zero-order valence-corrected chi connectivity index (χ0v) is 32.8. The highest BCUT2D eigenvalue weighted by Gasteiger charge is 2.40. The quantitative estimate of drug-likeness (QED) is 0.133. The van der Waals surface area contributed by atoms with Crippen LogP contribution in [-0.4, -0.2) is 85.9 Å². The van der Waals surface area contributed by atoms with E-state index in [-0.39, 0.29) is 36.5 Å². The van der Waals surface area contributed by atoms with Gasteiger partial charge in [-0.3, -0.25) is 33.5 Å². The van der Waals surface area contributed by atoms with Crippen LogP contribution < -0.4 is 21.2 Å². The molecular weight excluding hydrogens is 766 g/mol. The summed E-state index contributed by atoms with van der Waals surface area (Å²) in [6, 6.07) is 12.6. The van der Waals surface area contributed by atoms with E-state index in [4.69, 9.17) is 5.10 Å². The van der Waals surface area contributed by atoms with E-state index in [9.17, 15) is 37.5 Å². The van der Waals surface area contributed by atoms with Crippen molar-refractivity contribution >= 4 is 45.3 Å². The molecule has 310 valence electrons. The van der Waals surface area contributed by atoms with Gasteiger partial charge in [-0.1, -0.05) is 6.07 Å². The first-order valence-electron chi connectivity index (χ1n) is 20.6. The smallest absolute Gasteiger partial charge is 0.329 e. The molecule has 3 atom stereocenters. The van der Waals surface area contributed by atoms with Crippen LogP contribution in [0, 0.1) is 35.2 Å². The molecule has 3 N–H and O–H groups in total. The van der Waals surface area contributed by atoms with Gasteiger partial charge in [0.2, 0.25) is 17.6 Å². The number of aryl methyl sites for hydroxylation is 2. The van der Waals surface area contributed by atoms with Gasteiger partial charge in [-0.2, -0.15) is 9.49 Å². The molecule has 59 heavy (non-hydrogen) atoms. The Balaban J connectivity index is 0.742. The number of halogens is 3. The average molecular weight is 813 g/mol. The SMILES string of the molecule is Cn1c(=O)n(C2CCC(=O)NC2=O)c2ccc(CCCN3C[C@@H]4CN(c5ccc6cn(C7CCC(CNC(=O)c8cc(F)c(O)c(F)c8F)CC7)nc6c5)C[C@@H]4C3)cc21. The highest BCUT2D eigenvalue weighted by molar-refractivity contribution is 6.00. The fourth-order valence-corrected chi connectivity index (χ4v) is 9.89. The number of nitrogens with zero attached hydrogens (tertiary/aromatic N) is 6. The van der Waals surface area contributed by atoms with Crippen LogP contribution in [0.25, 0.3) is 21.9 Å². The third-order valence-corrected chi connectivity index (χ3v) is 13.2. The number of imide groups is 1. The monoisotopic (exact) mass is 812 g/mol. The first kappa shape index (κ1) is 38.9. The summed E-state index contributed by atoms with van der Waals surface area (Å²) in [5, 5.41) is 20.3. The van der Waals surface area contributed by atoms with E-state index >= 15 is 0 Å². The van der Waals surface area contributed by atoms with E-state index in [1.54, 1.807) is 11.6 Å². The summed E-state index contributed by atoms with van der Waals surface area (Å²) in [5.41, 5.74) is 3.75. The minimum Gasteiger partial charge on any atom is -0.503 e. The van der Waals surface area contributed by atoms with Crippen molar-refractivity contribution in [2.24, 2.45) is 24.8 Å². The Bertz CT molecular complexity index is 2530. The second-order valence-electron chi connectivity index (χ2n) is 16.9. The zero-order valence-electron chi connectivity index (χ0n) is 32.8. The van der Waals surface area contributed by atoms with E-state index in [1.165, 1.54) is 10.3 Å². The first-order chi connectivity index (χ1) is 28.4. The Morgan fingerprint density at radius 2 is 1.68 bits per heavy atom. The van der Waals surface area contributed by atoms with Gasteiger partial charge >= 0.3 is 5.69 Å². The summed E-state index contributed by atoms with van der Waals surface area (Å²) in [7, 11) is 1.72. The van der Waals surface area contributed by atoms with Crippen molar-refractivity contribution in [2.75, 3.05) is 44.2 Å². The van der Waals surface area contributed by atoms with E-state index in [0.29, 0.717) is 29.8 Å². The number of carbonyl (C=O) groups excluding carboxylic acids is 3. The van der Waals surface area contributed by atoms with Crippen molar-refractivity contribution in [1.82, 2.24) is 34.4 Å². The van der Waals surface area contributed by atoms with Gasteiger partial charge in [0.25, 0.3) is 5.91 Å². The van der Waals surface area contributed by atoms with Crippen LogP contribution in [0.3, 0.4) is 0 Å². The Kier molecular flexibility index (Phi) is 10.2. The van der Waals surface area contributed by atoms with Crippen LogP contribution in [0.15, 0.2) is 53.5 Å². The molecule has 9 rings (SSSR count). The third kappa shape index (κ3) is 7.36. The molecule has 13 nitrogen and oxygen atoms in total. The number of anilines is 1. The number of aromatic hydroxyl groups is 1. The van der Waals surface area contributed by atoms with Gasteiger partial charge in [0.05, 0.1) is 28.2 Å². The van der Waals surface area contributed by atoms with Crippen molar-refractivity contribution in [1.29, 1.82) is 0 Å². The van der Waals surface area contributed by atoms with Gasteiger partial charge in [-0.25, -0.2) is 13.6 Å². The topological polar surface area (TPSA) is 147 Å². The van der Waals surface area contributed by atoms with Gasteiger partial charge in [-0.05, 0) is 111 Å². The lowest BCUT2D eigenvalue weighted by atomic mass is 9.86. The fourth-order valence-electron chi connectivity index (χ4n) is 9.89. The van der Waals surface area contributed by atoms with E-state index < -0.39 is 46.6 Å². The molecule has 3 saturated heterocycles.